The molecule has 0 aromatic heterocycles. The molecule has 88 valence electrons. The molecule has 1 nitrogen and oxygen atoms in total. The fraction of sp³-hybridized carbons (Fsp3) is 0.312. The number of ketones is 1. The highest BCUT2D eigenvalue weighted by Gasteiger charge is 2.28. The van der Waals surface area contributed by atoms with E-state index in [1.165, 1.54) is 0 Å². The highest BCUT2D eigenvalue weighted by Crippen LogP contribution is 2.35. The first-order valence-electron chi connectivity index (χ1n) is 6.04. The number of benzene rings is 1. The fourth-order valence-electron chi connectivity index (χ4n) is 2.15. The number of rotatable bonds is 3. The average Bonchev–Trinajstić information content (AvgIpc) is 2.33. The minimum Gasteiger partial charge on any atom is -0.294 e. The van der Waals surface area contributed by atoms with Crippen LogP contribution in [0.5, 0.6) is 0 Å². The van der Waals surface area contributed by atoms with Crippen LogP contribution in [0.3, 0.4) is 0 Å². The molecular formula is C16H18O. The van der Waals surface area contributed by atoms with Crippen LogP contribution in [-0.4, -0.2) is 5.78 Å². The topological polar surface area (TPSA) is 17.1 Å². The maximum absolute atomic E-state index is 12.1. The first-order chi connectivity index (χ1) is 8.09. The molecule has 1 aromatic carbocycles. The molecule has 1 heteroatoms. The van der Waals surface area contributed by atoms with E-state index >= 15 is 0 Å². The second kappa shape index (κ2) is 4.70. The summed E-state index contributed by atoms with van der Waals surface area (Å²) in [5.74, 6) is 0.517. The summed E-state index contributed by atoms with van der Waals surface area (Å²) < 4.78 is 0. The third-order valence-corrected chi connectivity index (χ3v) is 3.44. The van der Waals surface area contributed by atoms with E-state index in [9.17, 15) is 4.79 Å². The van der Waals surface area contributed by atoms with E-state index in [4.69, 9.17) is 0 Å². The Morgan fingerprint density at radius 2 is 1.88 bits per heavy atom. The molecule has 0 fully saturated rings. The van der Waals surface area contributed by atoms with E-state index < -0.39 is 0 Å². The van der Waals surface area contributed by atoms with E-state index in [0.717, 1.165) is 5.56 Å². The van der Waals surface area contributed by atoms with Crippen LogP contribution in [0.2, 0.25) is 0 Å². The zero-order chi connectivity index (χ0) is 12.3. The average molecular weight is 226 g/mol. The summed E-state index contributed by atoms with van der Waals surface area (Å²) in [7, 11) is 0. The highest BCUT2D eigenvalue weighted by molar-refractivity contribution is 5.96. The third kappa shape index (κ3) is 2.73. The Kier molecular flexibility index (Phi) is 3.28. The second-order valence-electron chi connectivity index (χ2n) is 5.17. The van der Waals surface area contributed by atoms with Crippen molar-refractivity contribution in [2.45, 2.75) is 20.3 Å². The van der Waals surface area contributed by atoms with Crippen molar-refractivity contribution in [3.63, 3.8) is 0 Å². The Morgan fingerprint density at radius 3 is 2.53 bits per heavy atom. The molecule has 0 aliphatic heterocycles. The SMILES string of the molecule is CC1(C)C=CC=CC1CC(=O)c1ccccc1. The number of Topliss-reactive ketones (excluding diaryl/α,β-unsaturated/α-hetero) is 1. The minimum absolute atomic E-state index is 0.0686. The Morgan fingerprint density at radius 1 is 1.18 bits per heavy atom. The van der Waals surface area contributed by atoms with E-state index in [1.54, 1.807) is 0 Å². The van der Waals surface area contributed by atoms with Crippen LogP contribution in [0.4, 0.5) is 0 Å². The first-order valence-corrected chi connectivity index (χ1v) is 6.04. The van der Waals surface area contributed by atoms with E-state index in [-0.39, 0.29) is 11.2 Å². The van der Waals surface area contributed by atoms with Crippen LogP contribution in [0, 0.1) is 11.3 Å². The van der Waals surface area contributed by atoms with E-state index in [2.05, 4.69) is 32.1 Å². The zero-order valence-electron chi connectivity index (χ0n) is 10.4. The molecule has 0 bridgehead atoms. The quantitative estimate of drug-likeness (QED) is 0.711. The molecule has 17 heavy (non-hydrogen) atoms. The van der Waals surface area contributed by atoms with Crippen LogP contribution < -0.4 is 0 Å². The largest absolute Gasteiger partial charge is 0.294 e. The number of allylic oxidation sites excluding steroid dienone is 4. The maximum atomic E-state index is 12.1. The molecule has 0 saturated carbocycles. The van der Waals surface area contributed by atoms with Gasteiger partial charge in [-0.2, -0.15) is 0 Å². The first kappa shape index (κ1) is 11.8. The lowest BCUT2D eigenvalue weighted by molar-refractivity contribution is 0.0948. The van der Waals surface area contributed by atoms with Crippen molar-refractivity contribution in [2.75, 3.05) is 0 Å². The Balaban J connectivity index is 2.10. The molecule has 0 amide bonds. The van der Waals surface area contributed by atoms with Crippen molar-refractivity contribution >= 4 is 5.78 Å². The number of hydrogen-bond donors (Lipinski definition) is 0. The van der Waals surface area contributed by atoms with Gasteiger partial charge >= 0.3 is 0 Å². The molecule has 2 rings (SSSR count). The van der Waals surface area contributed by atoms with Gasteiger partial charge in [0.2, 0.25) is 0 Å². The Labute approximate surface area is 103 Å². The Bertz CT molecular complexity index is 452. The molecule has 0 heterocycles. The van der Waals surface area contributed by atoms with Crippen molar-refractivity contribution < 1.29 is 4.79 Å². The summed E-state index contributed by atoms with van der Waals surface area (Å²) in [6.45, 7) is 4.35. The lowest BCUT2D eigenvalue weighted by Crippen LogP contribution is -2.24. The molecule has 1 aliphatic rings. The predicted octanol–water partition coefficient (Wildman–Crippen LogP) is 4.03. The Hall–Kier alpha value is -1.63. The molecule has 0 N–H and O–H groups in total. The molecule has 1 aliphatic carbocycles. The lowest BCUT2D eigenvalue weighted by atomic mass is 9.73. The predicted molar refractivity (Wildman–Crippen MR) is 70.9 cm³/mol. The summed E-state index contributed by atoms with van der Waals surface area (Å²) in [4.78, 5) is 12.1. The van der Waals surface area contributed by atoms with Gasteiger partial charge in [0.25, 0.3) is 0 Å². The molecular weight excluding hydrogens is 208 g/mol. The van der Waals surface area contributed by atoms with Gasteiger partial charge in [-0.15, -0.1) is 0 Å². The van der Waals surface area contributed by atoms with Gasteiger partial charge in [-0.1, -0.05) is 68.5 Å². The van der Waals surface area contributed by atoms with Crippen molar-refractivity contribution in [2.24, 2.45) is 11.3 Å². The smallest absolute Gasteiger partial charge is 0.163 e. The fourth-order valence-corrected chi connectivity index (χ4v) is 2.15. The molecule has 0 spiro atoms. The van der Waals surface area contributed by atoms with Gasteiger partial charge in [0.15, 0.2) is 5.78 Å². The van der Waals surface area contributed by atoms with Crippen LogP contribution >= 0.6 is 0 Å². The summed E-state index contributed by atoms with van der Waals surface area (Å²) in [5.41, 5.74) is 0.880. The van der Waals surface area contributed by atoms with Gasteiger partial charge in [-0.25, -0.2) is 0 Å². The van der Waals surface area contributed by atoms with Crippen molar-refractivity contribution in [3.8, 4) is 0 Å². The summed E-state index contributed by atoms with van der Waals surface area (Å²) in [5, 5.41) is 0. The normalized spacial score (nSPS) is 21.4. The van der Waals surface area contributed by atoms with Gasteiger partial charge in [-0.3, -0.25) is 4.79 Å². The summed E-state index contributed by atoms with van der Waals surface area (Å²) in [6.07, 6.45) is 8.99. The number of carbonyl (C=O) groups is 1. The van der Waals surface area contributed by atoms with E-state index in [0.29, 0.717) is 12.3 Å². The maximum Gasteiger partial charge on any atom is 0.163 e. The summed E-state index contributed by atoms with van der Waals surface area (Å²) >= 11 is 0. The van der Waals surface area contributed by atoms with Gasteiger partial charge in [0.1, 0.15) is 0 Å². The monoisotopic (exact) mass is 226 g/mol. The standard InChI is InChI=1S/C16H18O/c1-16(2)11-7-6-10-14(16)12-15(17)13-8-4-3-5-9-13/h3-11,14H,12H2,1-2H3. The van der Waals surface area contributed by atoms with Crippen LogP contribution in [0.25, 0.3) is 0 Å². The van der Waals surface area contributed by atoms with Gasteiger partial charge in [0, 0.05) is 12.0 Å². The molecule has 1 atom stereocenters. The second-order valence-corrected chi connectivity index (χ2v) is 5.17. The number of carbonyl (C=O) groups excluding carboxylic acids is 1. The van der Waals surface area contributed by atoms with Gasteiger partial charge in [-0.05, 0) is 11.3 Å². The zero-order valence-corrected chi connectivity index (χ0v) is 10.4. The highest BCUT2D eigenvalue weighted by atomic mass is 16.1. The molecule has 1 aromatic rings. The lowest BCUT2D eigenvalue weighted by Gasteiger charge is -2.31. The van der Waals surface area contributed by atoms with Gasteiger partial charge < -0.3 is 0 Å². The van der Waals surface area contributed by atoms with Crippen molar-refractivity contribution in [1.29, 1.82) is 0 Å². The van der Waals surface area contributed by atoms with Crippen LogP contribution in [0.15, 0.2) is 54.6 Å². The van der Waals surface area contributed by atoms with E-state index in [1.807, 2.05) is 36.4 Å². The third-order valence-electron chi connectivity index (χ3n) is 3.44. The van der Waals surface area contributed by atoms with Crippen molar-refractivity contribution in [3.05, 3.63) is 60.2 Å². The van der Waals surface area contributed by atoms with Crippen LogP contribution in [0.1, 0.15) is 30.6 Å². The minimum atomic E-state index is 0.0686. The molecule has 0 radical (unpaired) electrons. The molecule has 0 saturated heterocycles. The van der Waals surface area contributed by atoms with Crippen LogP contribution in [-0.2, 0) is 0 Å². The number of hydrogen-bond acceptors (Lipinski definition) is 1. The van der Waals surface area contributed by atoms with Gasteiger partial charge in [0.05, 0.1) is 0 Å². The molecule has 1 unspecified atom stereocenters. The van der Waals surface area contributed by atoms with Crippen molar-refractivity contribution in [1.82, 2.24) is 0 Å². The summed E-state index contributed by atoms with van der Waals surface area (Å²) in [6, 6.07) is 9.53.